The number of rotatable bonds is 5. The largest absolute Gasteiger partial charge is 0.496 e. The summed E-state index contributed by atoms with van der Waals surface area (Å²) in [6, 6.07) is 7.92. The van der Waals surface area contributed by atoms with Crippen LogP contribution >= 0.6 is 27.5 Å². The summed E-state index contributed by atoms with van der Waals surface area (Å²) in [7, 11) is 4.44. The lowest BCUT2D eigenvalue weighted by Gasteiger charge is -2.14. The number of carbonyl (C=O) groups excluding carboxylic acids is 1. The minimum atomic E-state index is -0.592. The molecule has 0 heterocycles. The number of hydrogen-bond acceptors (Lipinski definition) is 5. The highest BCUT2D eigenvalue weighted by atomic mass is 79.9. The Morgan fingerprint density at radius 2 is 1.52 bits per heavy atom. The van der Waals surface area contributed by atoms with E-state index in [2.05, 4.69) is 15.9 Å². The second-order valence-corrected chi connectivity index (χ2v) is 5.66. The molecule has 0 spiro atoms. The molecule has 0 N–H and O–H groups in total. The first kappa shape index (κ1) is 17.4. The van der Waals surface area contributed by atoms with Crippen LogP contribution < -0.4 is 18.9 Å². The molecular formula is C16H14BrClO5. The summed E-state index contributed by atoms with van der Waals surface area (Å²) < 4.78 is 21.6. The third kappa shape index (κ3) is 3.89. The molecule has 0 atom stereocenters. The van der Waals surface area contributed by atoms with Crippen LogP contribution in [-0.4, -0.2) is 27.3 Å². The number of esters is 1. The van der Waals surface area contributed by atoms with Gasteiger partial charge in [0, 0.05) is 17.2 Å². The van der Waals surface area contributed by atoms with Gasteiger partial charge in [-0.05, 0) is 34.1 Å². The standard InChI is InChI=1S/C16H14BrClO5/c1-20-13-8-15(22-3)14(21-2)7-10(13)16(19)23-12-5-4-9(18)6-11(12)17/h4-8H,1-3H3. The summed E-state index contributed by atoms with van der Waals surface area (Å²) in [5, 5.41) is 0.528. The Balaban J connectivity index is 2.38. The van der Waals surface area contributed by atoms with Gasteiger partial charge in [0.2, 0.25) is 0 Å². The van der Waals surface area contributed by atoms with Gasteiger partial charge in [0.15, 0.2) is 11.5 Å². The molecule has 5 nitrogen and oxygen atoms in total. The summed E-state index contributed by atoms with van der Waals surface area (Å²) in [4.78, 5) is 12.4. The van der Waals surface area contributed by atoms with Gasteiger partial charge in [0.05, 0.1) is 25.8 Å². The molecule has 0 aliphatic rings. The van der Waals surface area contributed by atoms with Crippen LogP contribution in [0.1, 0.15) is 10.4 Å². The Hall–Kier alpha value is -1.92. The second-order valence-electron chi connectivity index (χ2n) is 4.37. The van der Waals surface area contributed by atoms with Gasteiger partial charge < -0.3 is 18.9 Å². The first-order chi connectivity index (χ1) is 11.0. The van der Waals surface area contributed by atoms with Crippen LogP contribution in [0.15, 0.2) is 34.8 Å². The molecule has 0 fully saturated rings. The Kier molecular flexibility index (Phi) is 5.74. The minimum absolute atomic E-state index is 0.215. The van der Waals surface area contributed by atoms with Gasteiger partial charge in [-0.15, -0.1) is 0 Å². The van der Waals surface area contributed by atoms with Gasteiger partial charge >= 0.3 is 5.97 Å². The maximum Gasteiger partial charge on any atom is 0.347 e. The molecule has 2 rings (SSSR count). The lowest BCUT2D eigenvalue weighted by molar-refractivity contribution is 0.0729. The van der Waals surface area contributed by atoms with Crippen LogP contribution in [0.5, 0.6) is 23.0 Å². The first-order valence-electron chi connectivity index (χ1n) is 6.47. The molecule has 0 aromatic heterocycles. The SMILES string of the molecule is COc1cc(OC)c(C(=O)Oc2ccc(Cl)cc2Br)cc1OC. The van der Waals surface area contributed by atoms with E-state index >= 15 is 0 Å². The molecule has 0 amide bonds. The summed E-state index contributed by atoms with van der Waals surface area (Å²) in [6.45, 7) is 0. The van der Waals surface area contributed by atoms with Crippen LogP contribution in [0.4, 0.5) is 0 Å². The average Bonchev–Trinajstić information content (AvgIpc) is 2.55. The first-order valence-corrected chi connectivity index (χ1v) is 7.64. The highest BCUT2D eigenvalue weighted by Crippen LogP contribution is 2.36. The van der Waals surface area contributed by atoms with Gasteiger partial charge in [0.1, 0.15) is 17.1 Å². The lowest BCUT2D eigenvalue weighted by atomic mass is 10.1. The van der Waals surface area contributed by atoms with Gasteiger partial charge in [-0.1, -0.05) is 11.6 Å². The van der Waals surface area contributed by atoms with E-state index in [0.29, 0.717) is 32.5 Å². The molecule has 0 aliphatic heterocycles. The lowest BCUT2D eigenvalue weighted by Crippen LogP contribution is -2.11. The van der Waals surface area contributed by atoms with Gasteiger partial charge in [-0.3, -0.25) is 0 Å². The van der Waals surface area contributed by atoms with Crippen molar-refractivity contribution in [3.05, 3.63) is 45.4 Å². The fourth-order valence-electron chi connectivity index (χ4n) is 1.90. The number of hydrogen-bond donors (Lipinski definition) is 0. The van der Waals surface area contributed by atoms with E-state index in [9.17, 15) is 4.79 Å². The highest BCUT2D eigenvalue weighted by Gasteiger charge is 2.20. The zero-order chi connectivity index (χ0) is 17.0. The predicted molar refractivity (Wildman–Crippen MR) is 90.2 cm³/mol. The van der Waals surface area contributed by atoms with Crippen molar-refractivity contribution in [3.8, 4) is 23.0 Å². The smallest absolute Gasteiger partial charge is 0.347 e. The second kappa shape index (κ2) is 7.57. The van der Waals surface area contributed by atoms with Crippen molar-refractivity contribution < 1.29 is 23.7 Å². The highest BCUT2D eigenvalue weighted by molar-refractivity contribution is 9.10. The Bertz CT molecular complexity index is 733. The Labute approximate surface area is 147 Å². The van der Waals surface area contributed by atoms with E-state index in [4.69, 9.17) is 30.5 Å². The molecular weight excluding hydrogens is 388 g/mol. The number of ether oxygens (including phenoxy) is 4. The molecule has 0 saturated carbocycles. The van der Waals surface area contributed by atoms with Gasteiger partial charge in [0.25, 0.3) is 0 Å². The minimum Gasteiger partial charge on any atom is -0.496 e. The van der Waals surface area contributed by atoms with E-state index in [1.807, 2.05) is 0 Å². The Morgan fingerprint density at radius 1 is 0.913 bits per heavy atom. The van der Waals surface area contributed by atoms with E-state index < -0.39 is 5.97 Å². The summed E-state index contributed by atoms with van der Waals surface area (Å²) in [5.74, 6) is 0.920. The van der Waals surface area contributed by atoms with Crippen molar-refractivity contribution in [3.63, 3.8) is 0 Å². The van der Waals surface area contributed by atoms with Crippen molar-refractivity contribution in [2.24, 2.45) is 0 Å². The summed E-state index contributed by atoms with van der Waals surface area (Å²) in [6.07, 6.45) is 0. The van der Waals surface area contributed by atoms with Crippen molar-refractivity contribution in [1.29, 1.82) is 0 Å². The maximum atomic E-state index is 12.4. The number of halogens is 2. The molecule has 2 aromatic rings. The summed E-state index contributed by atoms with van der Waals surface area (Å²) in [5.41, 5.74) is 0.215. The van der Waals surface area contributed by atoms with E-state index in [1.54, 1.807) is 24.3 Å². The van der Waals surface area contributed by atoms with Crippen molar-refractivity contribution in [2.75, 3.05) is 21.3 Å². The van der Waals surface area contributed by atoms with Crippen LogP contribution in [0.2, 0.25) is 5.02 Å². The number of benzene rings is 2. The van der Waals surface area contributed by atoms with Gasteiger partial charge in [-0.25, -0.2) is 4.79 Å². The zero-order valence-electron chi connectivity index (χ0n) is 12.7. The summed E-state index contributed by atoms with van der Waals surface area (Å²) >= 11 is 9.17. The molecule has 0 saturated heterocycles. The Morgan fingerprint density at radius 3 is 2.09 bits per heavy atom. The fraction of sp³-hybridized carbons (Fsp3) is 0.188. The molecule has 23 heavy (non-hydrogen) atoms. The van der Waals surface area contributed by atoms with Crippen molar-refractivity contribution >= 4 is 33.5 Å². The van der Waals surface area contributed by atoms with E-state index in [1.165, 1.54) is 27.4 Å². The third-order valence-corrected chi connectivity index (χ3v) is 3.88. The van der Waals surface area contributed by atoms with Crippen molar-refractivity contribution in [2.45, 2.75) is 0 Å². The van der Waals surface area contributed by atoms with Gasteiger partial charge in [-0.2, -0.15) is 0 Å². The third-order valence-electron chi connectivity index (χ3n) is 3.02. The number of carbonyl (C=O) groups is 1. The number of methoxy groups -OCH3 is 3. The molecule has 7 heteroatoms. The zero-order valence-corrected chi connectivity index (χ0v) is 15.0. The van der Waals surface area contributed by atoms with Crippen molar-refractivity contribution in [1.82, 2.24) is 0 Å². The van der Waals surface area contributed by atoms with E-state index in [0.717, 1.165) is 0 Å². The van der Waals surface area contributed by atoms with E-state index in [-0.39, 0.29) is 5.56 Å². The molecule has 0 aliphatic carbocycles. The molecule has 2 aromatic carbocycles. The van der Waals surface area contributed by atoms with Crippen LogP contribution in [0, 0.1) is 0 Å². The predicted octanol–water partition coefficient (Wildman–Crippen LogP) is 4.35. The molecule has 0 unspecified atom stereocenters. The molecule has 0 radical (unpaired) electrons. The quantitative estimate of drug-likeness (QED) is 0.551. The molecule has 122 valence electrons. The normalized spacial score (nSPS) is 10.1. The average molecular weight is 402 g/mol. The van der Waals surface area contributed by atoms with Crippen LogP contribution in [-0.2, 0) is 0 Å². The molecule has 0 bridgehead atoms. The maximum absolute atomic E-state index is 12.4. The fourth-order valence-corrected chi connectivity index (χ4v) is 2.67. The van der Waals surface area contributed by atoms with Crippen LogP contribution in [0.3, 0.4) is 0 Å². The monoisotopic (exact) mass is 400 g/mol. The topological polar surface area (TPSA) is 54.0 Å². The van der Waals surface area contributed by atoms with Crippen LogP contribution in [0.25, 0.3) is 0 Å².